The highest BCUT2D eigenvalue weighted by Crippen LogP contribution is 2.16. The van der Waals surface area contributed by atoms with Gasteiger partial charge in [0.15, 0.2) is 12.4 Å². The number of carbonyl (C=O) groups is 3. The fraction of sp³-hybridized carbons (Fsp3) is 0.222. The quantitative estimate of drug-likeness (QED) is 0.520. The zero-order valence-corrected chi connectivity index (χ0v) is 14.8. The first kappa shape index (κ1) is 18.2. The number of hydrogen-bond acceptors (Lipinski definition) is 7. The van der Waals surface area contributed by atoms with Crippen molar-refractivity contribution < 1.29 is 19.1 Å². The van der Waals surface area contributed by atoms with Crippen LogP contribution in [0.15, 0.2) is 36.8 Å². The molecular formula is C18H17N5O4. The number of hydrogen-bond donors (Lipinski definition) is 1. The average molecular weight is 367 g/mol. The van der Waals surface area contributed by atoms with Gasteiger partial charge in [-0.3, -0.25) is 9.59 Å². The molecule has 0 bridgehead atoms. The molecule has 0 aliphatic carbocycles. The predicted molar refractivity (Wildman–Crippen MR) is 95.5 cm³/mol. The molecule has 0 aliphatic heterocycles. The number of fused-ring (bicyclic) bond motifs is 1. The number of rotatable bonds is 6. The number of carbonyl (C=O) groups excluding carboxylic acids is 3. The standard InChI is InChI=1S/C18H17N5O4/c1-3-15-13(8-19-18-20-10-21-23(15)18)17(26)27-9-16(25)22-14-7-5-4-6-12(14)11(2)24/h4-8,10H,3,9H2,1-2H3,(H,22,25). The van der Waals surface area contributed by atoms with Crippen LogP contribution in [0.2, 0.25) is 0 Å². The summed E-state index contributed by atoms with van der Waals surface area (Å²) in [5.74, 6) is -1.04. The lowest BCUT2D eigenvalue weighted by Gasteiger charge is -2.11. The molecule has 138 valence electrons. The van der Waals surface area contributed by atoms with E-state index in [0.29, 0.717) is 29.1 Å². The van der Waals surface area contributed by atoms with Crippen LogP contribution in [0.5, 0.6) is 0 Å². The molecule has 1 amide bonds. The molecule has 0 unspecified atom stereocenters. The van der Waals surface area contributed by atoms with Crippen molar-refractivity contribution in [2.75, 3.05) is 11.9 Å². The molecule has 0 fully saturated rings. The number of amides is 1. The summed E-state index contributed by atoms with van der Waals surface area (Å²) >= 11 is 0. The Kier molecular flexibility index (Phi) is 5.20. The van der Waals surface area contributed by atoms with Crippen molar-refractivity contribution >= 4 is 29.1 Å². The third-order valence-corrected chi connectivity index (χ3v) is 3.88. The summed E-state index contributed by atoms with van der Waals surface area (Å²) in [5, 5.41) is 6.61. The topological polar surface area (TPSA) is 116 Å². The molecule has 2 aromatic heterocycles. The van der Waals surface area contributed by atoms with E-state index in [4.69, 9.17) is 4.74 Å². The van der Waals surface area contributed by atoms with Crippen molar-refractivity contribution in [3.05, 3.63) is 53.6 Å². The Morgan fingerprint density at radius 1 is 1.15 bits per heavy atom. The molecule has 9 nitrogen and oxygen atoms in total. The molecule has 0 radical (unpaired) electrons. The van der Waals surface area contributed by atoms with Gasteiger partial charge in [0.1, 0.15) is 6.33 Å². The molecule has 0 aliphatic rings. The minimum Gasteiger partial charge on any atom is -0.452 e. The van der Waals surface area contributed by atoms with Gasteiger partial charge in [-0.1, -0.05) is 19.1 Å². The van der Waals surface area contributed by atoms with E-state index in [9.17, 15) is 14.4 Å². The smallest absolute Gasteiger partial charge is 0.342 e. The highest BCUT2D eigenvalue weighted by Gasteiger charge is 2.18. The second kappa shape index (κ2) is 7.73. The van der Waals surface area contributed by atoms with Gasteiger partial charge in [0, 0.05) is 11.8 Å². The van der Waals surface area contributed by atoms with Gasteiger partial charge in [0.25, 0.3) is 11.7 Å². The van der Waals surface area contributed by atoms with E-state index in [1.54, 1.807) is 24.3 Å². The lowest BCUT2D eigenvalue weighted by atomic mass is 10.1. The number of anilines is 1. The van der Waals surface area contributed by atoms with Crippen LogP contribution >= 0.6 is 0 Å². The molecule has 1 aromatic carbocycles. The highest BCUT2D eigenvalue weighted by atomic mass is 16.5. The highest BCUT2D eigenvalue weighted by molar-refractivity contribution is 6.04. The Morgan fingerprint density at radius 3 is 2.67 bits per heavy atom. The summed E-state index contributed by atoms with van der Waals surface area (Å²) in [6.07, 6.45) is 3.20. The first-order valence-corrected chi connectivity index (χ1v) is 8.25. The normalized spacial score (nSPS) is 10.6. The maximum absolute atomic E-state index is 12.4. The van der Waals surface area contributed by atoms with Crippen LogP contribution in [0.3, 0.4) is 0 Å². The molecule has 0 saturated heterocycles. The number of benzene rings is 1. The fourth-order valence-corrected chi connectivity index (χ4v) is 2.63. The van der Waals surface area contributed by atoms with E-state index in [2.05, 4.69) is 20.4 Å². The van der Waals surface area contributed by atoms with Crippen molar-refractivity contribution in [1.29, 1.82) is 0 Å². The summed E-state index contributed by atoms with van der Waals surface area (Å²) in [6.45, 7) is 2.77. The van der Waals surface area contributed by atoms with Crippen molar-refractivity contribution in [3.8, 4) is 0 Å². The second-order valence-electron chi connectivity index (χ2n) is 5.67. The second-order valence-corrected chi connectivity index (χ2v) is 5.67. The largest absolute Gasteiger partial charge is 0.452 e. The maximum atomic E-state index is 12.4. The van der Waals surface area contributed by atoms with E-state index in [1.165, 1.54) is 24.0 Å². The molecular weight excluding hydrogens is 350 g/mol. The summed E-state index contributed by atoms with van der Waals surface area (Å²) in [5.41, 5.74) is 1.55. The van der Waals surface area contributed by atoms with Gasteiger partial charge < -0.3 is 10.1 Å². The number of esters is 1. The lowest BCUT2D eigenvalue weighted by Crippen LogP contribution is -2.23. The Hall–Kier alpha value is -3.62. The number of nitrogens with zero attached hydrogens (tertiary/aromatic N) is 4. The van der Waals surface area contributed by atoms with E-state index >= 15 is 0 Å². The molecule has 2 heterocycles. The fourth-order valence-electron chi connectivity index (χ4n) is 2.63. The van der Waals surface area contributed by atoms with E-state index in [-0.39, 0.29) is 11.3 Å². The third kappa shape index (κ3) is 3.81. The van der Waals surface area contributed by atoms with E-state index in [0.717, 1.165) is 0 Å². The number of nitrogens with one attached hydrogen (secondary N) is 1. The van der Waals surface area contributed by atoms with E-state index < -0.39 is 18.5 Å². The Balaban J connectivity index is 1.69. The molecule has 9 heteroatoms. The van der Waals surface area contributed by atoms with Gasteiger partial charge in [0.2, 0.25) is 0 Å². The van der Waals surface area contributed by atoms with Crippen molar-refractivity contribution in [2.45, 2.75) is 20.3 Å². The maximum Gasteiger partial charge on any atom is 0.342 e. The molecule has 3 aromatic rings. The molecule has 27 heavy (non-hydrogen) atoms. The molecule has 0 atom stereocenters. The van der Waals surface area contributed by atoms with Gasteiger partial charge in [-0.15, -0.1) is 0 Å². The lowest BCUT2D eigenvalue weighted by molar-refractivity contribution is -0.119. The van der Waals surface area contributed by atoms with Crippen LogP contribution in [0.1, 0.15) is 40.3 Å². The average Bonchev–Trinajstić information content (AvgIpc) is 3.14. The van der Waals surface area contributed by atoms with Crippen molar-refractivity contribution in [2.24, 2.45) is 0 Å². The van der Waals surface area contributed by atoms with Gasteiger partial charge in [-0.2, -0.15) is 10.1 Å². The van der Waals surface area contributed by atoms with Crippen LogP contribution < -0.4 is 5.32 Å². The van der Waals surface area contributed by atoms with Gasteiger partial charge in [-0.05, 0) is 25.5 Å². The Morgan fingerprint density at radius 2 is 1.93 bits per heavy atom. The molecule has 0 spiro atoms. The van der Waals surface area contributed by atoms with Gasteiger partial charge in [0.05, 0.1) is 16.9 Å². The summed E-state index contributed by atoms with van der Waals surface area (Å²) in [6, 6.07) is 6.61. The van der Waals surface area contributed by atoms with Crippen LogP contribution in [0, 0.1) is 0 Å². The number of aryl methyl sites for hydroxylation is 1. The summed E-state index contributed by atoms with van der Waals surface area (Å²) in [7, 11) is 0. The number of para-hydroxylation sites is 1. The SMILES string of the molecule is CCc1c(C(=O)OCC(=O)Nc2ccccc2C(C)=O)cnc2ncnn12. The Labute approximate surface area is 154 Å². The predicted octanol–water partition coefficient (Wildman–Crippen LogP) is 1.68. The number of aromatic nitrogens is 4. The molecule has 0 saturated carbocycles. The number of Topliss-reactive ketones (excluding diaryl/α,β-unsaturated/α-hetero) is 1. The first-order chi connectivity index (χ1) is 13.0. The van der Waals surface area contributed by atoms with Crippen LogP contribution in [0.25, 0.3) is 5.78 Å². The Bertz CT molecular complexity index is 1030. The van der Waals surface area contributed by atoms with Crippen LogP contribution in [-0.2, 0) is 16.0 Å². The minimum atomic E-state index is -0.688. The van der Waals surface area contributed by atoms with Crippen LogP contribution in [-0.4, -0.2) is 43.8 Å². The summed E-state index contributed by atoms with van der Waals surface area (Å²) < 4.78 is 6.55. The summed E-state index contributed by atoms with van der Waals surface area (Å²) in [4.78, 5) is 44.1. The molecule has 3 rings (SSSR count). The molecule has 1 N–H and O–H groups in total. The first-order valence-electron chi connectivity index (χ1n) is 8.25. The van der Waals surface area contributed by atoms with Crippen molar-refractivity contribution in [3.63, 3.8) is 0 Å². The van der Waals surface area contributed by atoms with Gasteiger partial charge in [-0.25, -0.2) is 14.3 Å². The minimum absolute atomic E-state index is 0.178. The van der Waals surface area contributed by atoms with E-state index in [1.807, 2.05) is 6.92 Å². The van der Waals surface area contributed by atoms with Gasteiger partial charge >= 0.3 is 5.97 Å². The third-order valence-electron chi connectivity index (χ3n) is 3.88. The zero-order valence-electron chi connectivity index (χ0n) is 14.8. The monoisotopic (exact) mass is 367 g/mol. The van der Waals surface area contributed by atoms with Crippen molar-refractivity contribution in [1.82, 2.24) is 19.6 Å². The van der Waals surface area contributed by atoms with Crippen LogP contribution in [0.4, 0.5) is 5.69 Å². The number of ketones is 1. The zero-order chi connectivity index (χ0) is 19.4. The number of ether oxygens (including phenoxy) is 1.